The second-order valence-corrected chi connectivity index (χ2v) is 6.24. The first-order valence-electron chi connectivity index (χ1n) is 7.82. The van der Waals surface area contributed by atoms with Crippen molar-refractivity contribution in [2.75, 3.05) is 6.54 Å². The van der Waals surface area contributed by atoms with E-state index in [1.807, 2.05) is 6.92 Å². The molecule has 2 N–H and O–H groups in total. The fourth-order valence-electron chi connectivity index (χ4n) is 3.53. The summed E-state index contributed by atoms with van der Waals surface area (Å²) in [4.78, 5) is 25.0. The first-order chi connectivity index (χ1) is 9.52. The Kier molecular flexibility index (Phi) is 4.89. The zero-order chi connectivity index (χ0) is 14.7. The van der Waals surface area contributed by atoms with Crippen LogP contribution in [-0.2, 0) is 4.79 Å². The SMILES string of the molecule is CCC1CCC(NC(=O)N2CCC(C(=O)O)C2C)CC1. The molecular weight excluding hydrogens is 256 g/mol. The fourth-order valence-corrected chi connectivity index (χ4v) is 3.53. The third-order valence-corrected chi connectivity index (χ3v) is 5.08. The van der Waals surface area contributed by atoms with Crippen molar-refractivity contribution in [3.8, 4) is 0 Å². The number of nitrogens with one attached hydrogen (secondary N) is 1. The Balaban J connectivity index is 1.82. The second kappa shape index (κ2) is 6.46. The molecule has 0 radical (unpaired) electrons. The molecule has 114 valence electrons. The summed E-state index contributed by atoms with van der Waals surface area (Å²) < 4.78 is 0. The van der Waals surface area contributed by atoms with Crippen LogP contribution in [0, 0.1) is 11.8 Å². The topological polar surface area (TPSA) is 69.6 Å². The minimum absolute atomic E-state index is 0.0822. The molecule has 1 aliphatic carbocycles. The van der Waals surface area contributed by atoms with Gasteiger partial charge in [0, 0.05) is 18.6 Å². The zero-order valence-electron chi connectivity index (χ0n) is 12.5. The molecule has 0 spiro atoms. The lowest BCUT2D eigenvalue weighted by Crippen LogP contribution is -2.48. The largest absolute Gasteiger partial charge is 0.481 e. The third-order valence-electron chi connectivity index (χ3n) is 5.08. The molecule has 2 atom stereocenters. The summed E-state index contributed by atoms with van der Waals surface area (Å²) in [7, 11) is 0. The van der Waals surface area contributed by atoms with E-state index in [9.17, 15) is 9.59 Å². The van der Waals surface area contributed by atoms with Gasteiger partial charge in [-0.3, -0.25) is 4.79 Å². The van der Waals surface area contributed by atoms with Crippen LogP contribution in [0.25, 0.3) is 0 Å². The molecule has 2 unspecified atom stereocenters. The molecule has 1 aliphatic heterocycles. The number of aliphatic carboxylic acids is 1. The smallest absolute Gasteiger partial charge is 0.317 e. The van der Waals surface area contributed by atoms with Gasteiger partial charge in [-0.25, -0.2) is 4.79 Å². The Morgan fingerprint density at radius 3 is 2.35 bits per heavy atom. The molecule has 2 rings (SSSR count). The number of urea groups is 1. The maximum absolute atomic E-state index is 12.3. The lowest BCUT2D eigenvalue weighted by molar-refractivity contribution is -0.142. The van der Waals surface area contributed by atoms with Crippen molar-refractivity contribution in [3.05, 3.63) is 0 Å². The first kappa shape index (κ1) is 15.1. The van der Waals surface area contributed by atoms with Crippen molar-refractivity contribution >= 4 is 12.0 Å². The summed E-state index contributed by atoms with van der Waals surface area (Å²) in [5.41, 5.74) is 0. The highest BCUT2D eigenvalue weighted by Gasteiger charge is 2.38. The van der Waals surface area contributed by atoms with Crippen LogP contribution in [0.5, 0.6) is 0 Å². The number of carboxylic acid groups (broad SMARTS) is 1. The Hall–Kier alpha value is -1.26. The van der Waals surface area contributed by atoms with Crippen molar-refractivity contribution in [2.45, 2.75) is 64.5 Å². The molecule has 2 aliphatic rings. The molecule has 1 saturated heterocycles. The molecule has 0 bridgehead atoms. The summed E-state index contributed by atoms with van der Waals surface area (Å²) in [6, 6.07) is -0.0259. The van der Waals surface area contributed by atoms with E-state index in [4.69, 9.17) is 5.11 Å². The number of carbonyl (C=O) groups excluding carboxylic acids is 1. The van der Waals surface area contributed by atoms with Crippen LogP contribution in [0.1, 0.15) is 52.4 Å². The minimum atomic E-state index is -0.795. The van der Waals surface area contributed by atoms with Crippen molar-refractivity contribution < 1.29 is 14.7 Å². The lowest BCUT2D eigenvalue weighted by Gasteiger charge is -2.31. The highest BCUT2D eigenvalue weighted by molar-refractivity contribution is 5.78. The highest BCUT2D eigenvalue weighted by atomic mass is 16.4. The van der Waals surface area contributed by atoms with Crippen LogP contribution < -0.4 is 5.32 Å². The molecule has 2 amide bonds. The van der Waals surface area contributed by atoms with Gasteiger partial charge in [-0.1, -0.05) is 13.3 Å². The molecule has 0 aromatic rings. The van der Waals surface area contributed by atoms with E-state index in [-0.39, 0.29) is 18.1 Å². The summed E-state index contributed by atoms with van der Waals surface area (Å²) in [5.74, 6) is -0.405. The standard InChI is InChI=1S/C15H26N2O3/c1-3-11-4-6-12(7-5-11)16-15(20)17-9-8-13(10(17)2)14(18)19/h10-13H,3-9H2,1-2H3,(H,16,20)(H,18,19). The monoisotopic (exact) mass is 282 g/mol. The van der Waals surface area contributed by atoms with Gasteiger partial charge in [0.2, 0.25) is 0 Å². The van der Waals surface area contributed by atoms with Crippen LogP contribution in [0.15, 0.2) is 0 Å². The van der Waals surface area contributed by atoms with Crippen LogP contribution in [0.3, 0.4) is 0 Å². The molecule has 2 fully saturated rings. The lowest BCUT2D eigenvalue weighted by atomic mass is 9.84. The predicted octanol–water partition coefficient (Wildman–Crippen LogP) is 2.46. The van der Waals surface area contributed by atoms with Crippen molar-refractivity contribution in [1.29, 1.82) is 0 Å². The Morgan fingerprint density at radius 1 is 1.20 bits per heavy atom. The van der Waals surface area contributed by atoms with Crippen LogP contribution in [0.4, 0.5) is 4.79 Å². The van der Waals surface area contributed by atoms with E-state index in [0.717, 1.165) is 18.8 Å². The van der Waals surface area contributed by atoms with Gasteiger partial charge >= 0.3 is 12.0 Å². The molecule has 1 heterocycles. The minimum Gasteiger partial charge on any atom is -0.481 e. The van der Waals surface area contributed by atoms with Gasteiger partial charge in [0.1, 0.15) is 0 Å². The molecule has 5 nitrogen and oxygen atoms in total. The van der Waals surface area contributed by atoms with Crippen molar-refractivity contribution in [2.24, 2.45) is 11.8 Å². The number of carbonyl (C=O) groups is 2. The van der Waals surface area contributed by atoms with E-state index in [1.165, 1.54) is 19.3 Å². The van der Waals surface area contributed by atoms with Crippen molar-refractivity contribution in [3.63, 3.8) is 0 Å². The van der Waals surface area contributed by atoms with Gasteiger partial charge in [0.25, 0.3) is 0 Å². The highest BCUT2D eigenvalue weighted by Crippen LogP contribution is 2.28. The Bertz CT molecular complexity index is 364. The van der Waals surface area contributed by atoms with Gasteiger partial charge in [0.05, 0.1) is 5.92 Å². The summed E-state index contributed by atoms with van der Waals surface area (Å²) in [6.45, 7) is 4.61. The summed E-state index contributed by atoms with van der Waals surface area (Å²) in [6.07, 6.45) is 6.27. The van der Waals surface area contributed by atoms with Crippen LogP contribution in [0.2, 0.25) is 0 Å². The maximum Gasteiger partial charge on any atom is 0.317 e. The second-order valence-electron chi connectivity index (χ2n) is 6.24. The number of rotatable bonds is 3. The fraction of sp³-hybridized carbons (Fsp3) is 0.867. The van der Waals surface area contributed by atoms with E-state index in [2.05, 4.69) is 12.2 Å². The average Bonchev–Trinajstić information content (AvgIpc) is 2.81. The molecule has 5 heteroatoms. The number of hydrogen-bond donors (Lipinski definition) is 2. The first-order valence-corrected chi connectivity index (χ1v) is 7.82. The van der Waals surface area contributed by atoms with E-state index in [0.29, 0.717) is 13.0 Å². The summed E-state index contributed by atoms with van der Waals surface area (Å²) >= 11 is 0. The van der Waals surface area contributed by atoms with E-state index < -0.39 is 11.9 Å². The zero-order valence-corrected chi connectivity index (χ0v) is 12.5. The van der Waals surface area contributed by atoms with Crippen molar-refractivity contribution in [1.82, 2.24) is 10.2 Å². The summed E-state index contributed by atoms with van der Waals surface area (Å²) in [5, 5.41) is 12.2. The molecule has 20 heavy (non-hydrogen) atoms. The quantitative estimate of drug-likeness (QED) is 0.835. The van der Waals surface area contributed by atoms with Gasteiger partial charge in [-0.05, 0) is 44.9 Å². The number of carboxylic acids is 1. The van der Waals surface area contributed by atoms with E-state index >= 15 is 0 Å². The average molecular weight is 282 g/mol. The van der Waals surface area contributed by atoms with Crippen LogP contribution >= 0.6 is 0 Å². The van der Waals surface area contributed by atoms with Crippen LogP contribution in [-0.4, -0.2) is 40.6 Å². The molecule has 1 saturated carbocycles. The van der Waals surface area contributed by atoms with E-state index in [1.54, 1.807) is 4.90 Å². The van der Waals surface area contributed by atoms with Gasteiger partial charge in [-0.2, -0.15) is 0 Å². The number of hydrogen-bond acceptors (Lipinski definition) is 2. The molecular formula is C15H26N2O3. The third kappa shape index (κ3) is 3.25. The van der Waals surface area contributed by atoms with Gasteiger partial charge in [0.15, 0.2) is 0 Å². The number of likely N-dealkylation sites (tertiary alicyclic amines) is 1. The number of amides is 2. The number of nitrogens with zero attached hydrogens (tertiary/aromatic N) is 1. The predicted molar refractivity (Wildman–Crippen MR) is 76.5 cm³/mol. The normalized spacial score (nSPS) is 34.0. The van der Waals surface area contributed by atoms with Gasteiger partial charge in [-0.15, -0.1) is 0 Å². The Labute approximate surface area is 120 Å². The molecule has 0 aromatic heterocycles. The van der Waals surface area contributed by atoms with Gasteiger partial charge < -0.3 is 15.3 Å². The Morgan fingerprint density at radius 2 is 1.85 bits per heavy atom. The molecule has 0 aromatic carbocycles. The maximum atomic E-state index is 12.3.